The zero-order valence-electron chi connectivity index (χ0n) is 11.3. The first-order chi connectivity index (χ1) is 8.74. The summed E-state index contributed by atoms with van der Waals surface area (Å²) in [6.07, 6.45) is 2.69. The molecule has 0 fully saturated rings. The van der Waals surface area contributed by atoms with Gasteiger partial charge in [-0.05, 0) is 38.5 Å². The first-order valence-electron chi connectivity index (χ1n) is 6.57. The molecule has 4 heteroatoms. The molecule has 2 rings (SSSR count). The highest BCUT2D eigenvalue weighted by molar-refractivity contribution is 5.11. The van der Waals surface area contributed by atoms with Gasteiger partial charge in [0.05, 0.1) is 23.7 Å². The Hall–Kier alpha value is -1.55. The van der Waals surface area contributed by atoms with E-state index < -0.39 is 0 Å². The summed E-state index contributed by atoms with van der Waals surface area (Å²) in [4.78, 5) is 0. The van der Waals surface area contributed by atoms with Crippen LogP contribution < -0.4 is 5.32 Å². The Morgan fingerprint density at radius 1 is 1.44 bits per heavy atom. The lowest BCUT2D eigenvalue weighted by Crippen LogP contribution is -2.19. The van der Waals surface area contributed by atoms with Crippen molar-refractivity contribution in [2.24, 2.45) is 0 Å². The maximum Gasteiger partial charge on any atom is 0.120 e. The van der Waals surface area contributed by atoms with E-state index in [1.165, 1.54) is 5.69 Å². The second-order valence-corrected chi connectivity index (χ2v) is 4.41. The van der Waals surface area contributed by atoms with Gasteiger partial charge in [-0.3, -0.25) is 4.68 Å². The Balaban J connectivity index is 1.99. The van der Waals surface area contributed by atoms with E-state index in [9.17, 15) is 0 Å². The minimum Gasteiger partial charge on any atom is -0.468 e. The van der Waals surface area contributed by atoms with Crippen LogP contribution in [-0.4, -0.2) is 9.78 Å². The molecule has 0 amide bonds. The summed E-state index contributed by atoms with van der Waals surface area (Å²) in [5, 5.41) is 8.00. The Kier molecular flexibility index (Phi) is 4.20. The number of nitrogens with one attached hydrogen (secondary N) is 1. The highest BCUT2D eigenvalue weighted by Crippen LogP contribution is 2.13. The molecule has 2 aromatic rings. The van der Waals surface area contributed by atoms with Gasteiger partial charge in [-0.15, -0.1) is 0 Å². The summed E-state index contributed by atoms with van der Waals surface area (Å²) in [7, 11) is 0. The van der Waals surface area contributed by atoms with Gasteiger partial charge in [0.1, 0.15) is 5.76 Å². The van der Waals surface area contributed by atoms with Crippen LogP contribution in [0.5, 0.6) is 0 Å². The van der Waals surface area contributed by atoms with E-state index >= 15 is 0 Å². The van der Waals surface area contributed by atoms with Crippen molar-refractivity contribution in [1.82, 2.24) is 15.1 Å². The molecular weight excluding hydrogens is 226 g/mol. The molecule has 0 aliphatic rings. The number of aromatic nitrogens is 2. The van der Waals surface area contributed by atoms with Gasteiger partial charge in [-0.2, -0.15) is 5.10 Å². The van der Waals surface area contributed by atoms with E-state index in [0.717, 1.165) is 31.0 Å². The largest absolute Gasteiger partial charge is 0.468 e. The van der Waals surface area contributed by atoms with E-state index in [4.69, 9.17) is 4.42 Å². The van der Waals surface area contributed by atoms with E-state index in [1.54, 1.807) is 6.26 Å². The smallest absolute Gasteiger partial charge is 0.120 e. The first-order valence-corrected chi connectivity index (χ1v) is 6.57. The molecule has 1 N–H and O–H groups in total. The van der Waals surface area contributed by atoms with Crippen molar-refractivity contribution in [3.8, 4) is 0 Å². The average molecular weight is 247 g/mol. The Labute approximate surface area is 108 Å². The van der Waals surface area contributed by atoms with Crippen LogP contribution >= 0.6 is 0 Å². The number of furan rings is 1. The number of rotatable bonds is 6. The lowest BCUT2D eigenvalue weighted by Gasteiger charge is -2.11. The van der Waals surface area contributed by atoms with Crippen LogP contribution in [0.1, 0.15) is 44.0 Å². The van der Waals surface area contributed by atoms with Crippen molar-refractivity contribution in [3.63, 3.8) is 0 Å². The molecule has 0 unspecified atom stereocenters. The standard InChI is InChI=1S/C14H21N3O/c1-4-12-9-13(17(5-2)16-12)10-15-11(3)14-7-6-8-18-14/h6-9,11,15H,4-5,10H2,1-3H3/t11-/m0/s1. The van der Waals surface area contributed by atoms with Crippen molar-refractivity contribution in [2.75, 3.05) is 0 Å². The van der Waals surface area contributed by atoms with Gasteiger partial charge in [0.25, 0.3) is 0 Å². The molecule has 0 aliphatic carbocycles. The summed E-state index contributed by atoms with van der Waals surface area (Å²) in [5.41, 5.74) is 2.38. The van der Waals surface area contributed by atoms with Crippen molar-refractivity contribution < 1.29 is 4.42 Å². The first kappa shape index (κ1) is 12.9. The molecule has 4 nitrogen and oxygen atoms in total. The van der Waals surface area contributed by atoms with E-state index in [1.807, 2.05) is 12.1 Å². The summed E-state index contributed by atoms with van der Waals surface area (Å²) in [6.45, 7) is 8.07. The average Bonchev–Trinajstić information content (AvgIpc) is 3.04. The predicted molar refractivity (Wildman–Crippen MR) is 71.2 cm³/mol. The van der Waals surface area contributed by atoms with Gasteiger partial charge < -0.3 is 9.73 Å². The van der Waals surface area contributed by atoms with Crippen molar-refractivity contribution in [2.45, 2.75) is 46.3 Å². The molecule has 0 aromatic carbocycles. The van der Waals surface area contributed by atoms with Crippen molar-refractivity contribution in [3.05, 3.63) is 41.6 Å². The molecule has 0 radical (unpaired) electrons. The van der Waals surface area contributed by atoms with Crippen molar-refractivity contribution in [1.29, 1.82) is 0 Å². The SMILES string of the molecule is CCc1cc(CN[C@@H](C)c2ccco2)n(CC)n1. The zero-order valence-corrected chi connectivity index (χ0v) is 11.3. The van der Waals surface area contributed by atoms with Gasteiger partial charge in [0.2, 0.25) is 0 Å². The molecule has 1 atom stereocenters. The van der Waals surface area contributed by atoms with Gasteiger partial charge in [0, 0.05) is 13.1 Å². The van der Waals surface area contributed by atoms with Crippen LogP contribution in [0.2, 0.25) is 0 Å². The predicted octanol–water partition coefficient (Wildman–Crippen LogP) is 2.91. The maximum absolute atomic E-state index is 5.38. The van der Waals surface area contributed by atoms with Crippen LogP contribution in [0, 0.1) is 0 Å². The highest BCUT2D eigenvalue weighted by atomic mass is 16.3. The molecule has 0 spiro atoms. The van der Waals surface area contributed by atoms with Crippen LogP contribution in [0.4, 0.5) is 0 Å². The second kappa shape index (κ2) is 5.87. The molecular formula is C14H21N3O. The number of hydrogen-bond donors (Lipinski definition) is 1. The maximum atomic E-state index is 5.38. The third-order valence-electron chi connectivity index (χ3n) is 3.14. The third kappa shape index (κ3) is 2.82. The summed E-state index contributed by atoms with van der Waals surface area (Å²) >= 11 is 0. The monoisotopic (exact) mass is 247 g/mol. The van der Waals surface area contributed by atoms with Gasteiger partial charge >= 0.3 is 0 Å². The summed E-state index contributed by atoms with van der Waals surface area (Å²) in [5.74, 6) is 0.966. The molecule has 98 valence electrons. The fourth-order valence-electron chi connectivity index (χ4n) is 2.00. The Morgan fingerprint density at radius 3 is 2.89 bits per heavy atom. The van der Waals surface area contributed by atoms with Crippen LogP contribution in [-0.2, 0) is 19.5 Å². The molecule has 18 heavy (non-hydrogen) atoms. The molecule has 2 heterocycles. The molecule has 0 bridgehead atoms. The van der Waals surface area contributed by atoms with Gasteiger partial charge in [-0.1, -0.05) is 6.92 Å². The summed E-state index contributed by atoms with van der Waals surface area (Å²) < 4.78 is 7.44. The number of aryl methyl sites for hydroxylation is 2. The van der Waals surface area contributed by atoms with Crippen molar-refractivity contribution >= 4 is 0 Å². The molecule has 0 saturated heterocycles. The lowest BCUT2D eigenvalue weighted by atomic mass is 10.2. The van der Waals surface area contributed by atoms with E-state index in [-0.39, 0.29) is 6.04 Å². The number of nitrogens with zero attached hydrogens (tertiary/aromatic N) is 2. The zero-order chi connectivity index (χ0) is 13.0. The topological polar surface area (TPSA) is 43.0 Å². The highest BCUT2D eigenvalue weighted by Gasteiger charge is 2.10. The summed E-state index contributed by atoms with van der Waals surface area (Å²) in [6, 6.07) is 6.29. The van der Waals surface area contributed by atoms with Crippen LogP contribution in [0.25, 0.3) is 0 Å². The third-order valence-corrected chi connectivity index (χ3v) is 3.14. The second-order valence-electron chi connectivity index (χ2n) is 4.41. The van der Waals surface area contributed by atoms with E-state index in [0.29, 0.717) is 0 Å². The van der Waals surface area contributed by atoms with Gasteiger partial charge in [0.15, 0.2) is 0 Å². The van der Waals surface area contributed by atoms with Gasteiger partial charge in [-0.25, -0.2) is 0 Å². The Morgan fingerprint density at radius 2 is 2.28 bits per heavy atom. The van der Waals surface area contributed by atoms with Crippen LogP contribution in [0.15, 0.2) is 28.9 Å². The minimum atomic E-state index is 0.213. The quantitative estimate of drug-likeness (QED) is 0.853. The number of hydrogen-bond acceptors (Lipinski definition) is 3. The molecule has 0 aliphatic heterocycles. The minimum absolute atomic E-state index is 0.213. The fourth-order valence-corrected chi connectivity index (χ4v) is 2.00. The Bertz CT molecular complexity index is 473. The molecule has 0 saturated carbocycles. The van der Waals surface area contributed by atoms with Crippen LogP contribution in [0.3, 0.4) is 0 Å². The lowest BCUT2D eigenvalue weighted by molar-refractivity contribution is 0.424. The fraction of sp³-hybridized carbons (Fsp3) is 0.500. The normalized spacial score (nSPS) is 12.8. The molecule has 2 aromatic heterocycles. The van der Waals surface area contributed by atoms with E-state index in [2.05, 4.69) is 41.9 Å².